The second-order valence-corrected chi connectivity index (χ2v) is 3.49. The molecule has 4 nitrogen and oxygen atoms in total. The van der Waals surface area contributed by atoms with Gasteiger partial charge in [0.25, 0.3) is 0 Å². The molecule has 0 atom stereocenters. The first kappa shape index (κ1) is 11.5. The van der Waals surface area contributed by atoms with Crippen LogP contribution in [-0.4, -0.2) is 22.2 Å². The molecule has 0 aliphatic heterocycles. The molecule has 0 unspecified atom stereocenters. The van der Waals surface area contributed by atoms with Gasteiger partial charge in [-0.1, -0.05) is 6.08 Å². The van der Waals surface area contributed by atoms with E-state index in [1.165, 1.54) is 0 Å². The quantitative estimate of drug-likeness (QED) is 0.737. The second-order valence-electron chi connectivity index (χ2n) is 3.49. The fourth-order valence-corrected chi connectivity index (χ4v) is 1.38. The van der Waals surface area contributed by atoms with Crippen LogP contribution in [0.5, 0.6) is 0 Å². The third kappa shape index (κ3) is 3.58. The van der Waals surface area contributed by atoms with Gasteiger partial charge in [0.15, 0.2) is 0 Å². The Balaban J connectivity index is 2.39. The second kappa shape index (κ2) is 5.34. The number of nitrogens with zero attached hydrogens (tertiary/aromatic N) is 2. The van der Waals surface area contributed by atoms with Gasteiger partial charge >= 0.3 is 0 Å². The largest absolute Gasteiger partial charge is 0.353 e. The van der Waals surface area contributed by atoms with Crippen LogP contribution >= 0.6 is 0 Å². The van der Waals surface area contributed by atoms with Crippen LogP contribution in [0.25, 0.3) is 0 Å². The van der Waals surface area contributed by atoms with E-state index in [9.17, 15) is 4.79 Å². The van der Waals surface area contributed by atoms with Gasteiger partial charge < -0.3 is 5.32 Å². The van der Waals surface area contributed by atoms with Crippen LogP contribution in [0.15, 0.2) is 18.7 Å². The molecule has 1 rings (SSSR count). The smallest absolute Gasteiger partial charge is 0.222 e. The molecular formula is C11H17N3O. The van der Waals surface area contributed by atoms with Crippen molar-refractivity contribution in [3.63, 3.8) is 0 Å². The average molecular weight is 207 g/mol. The standard InChI is InChI=1S/C11H17N3O/c1-4-6-12-11(15)5-7-14-10(3)8-9(2)13-14/h4,8H,1,5-7H2,2-3H3,(H,12,15). The fourth-order valence-electron chi connectivity index (χ4n) is 1.38. The molecule has 0 bridgehead atoms. The highest BCUT2D eigenvalue weighted by atomic mass is 16.1. The third-order valence-corrected chi connectivity index (χ3v) is 2.10. The first-order valence-corrected chi connectivity index (χ1v) is 5.02. The Morgan fingerprint density at radius 3 is 2.93 bits per heavy atom. The van der Waals surface area contributed by atoms with Crippen molar-refractivity contribution < 1.29 is 4.79 Å². The molecule has 1 heterocycles. The lowest BCUT2D eigenvalue weighted by molar-refractivity contribution is -0.121. The van der Waals surface area contributed by atoms with Gasteiger partial charge in [-0.05, 0) is 19.9 Å². The molecule has 0 saturated carbocycles. The third-order valence-electron chi connectivity index (χ3n) is 2.10. The van der Waals surface area contributed by atoms with Crippen LogP contribution in [0.3, 0.4) is 0 Å². The van der Waals surface area contributed by atoms with Crippen LogP contribution in [0.2, 0.25) is 0 Å². The van der Waals surface area contributed by atoms with E-state index < -0.39 is 0 Å². The number of carbonyl (C=O) groups excluding carboxylic acids is 1. The molecule has 0 saturated heterocycles. The Labute approximate surface area is 90.0 Å². The number of rotatable bonds is 5. The van der Waals surface area contributed by atoms with E-state index >= 15 is 0 Å². The van der Waals surface area contributed by atoms with E-state index in [-0.39, 0.29) is 5.91 Å². The highest BCUT2D eigenvalue weighted by Crippen LogP contribution is 2.02. The molecule has 0 aliphatic carbocycles. The van der Waals surface area contributed by atoms with Crippen LogP contribution in [-0.2, 0) is 11.3 Å². The zero-order valence-corrected chi connectivity index (χ0v) is 9.29. The van der Waals surface area contributed by atoms with E-state index in [0.717, 1.165) is 11.4 Å². The average Bonchev–Trinajstić information content (AvgIpc) is 2.51. The van der Waals surface area contributed by atoms with Gasteiger partial charge in [0, 0.05) is 25.2 Å². The molecule has 1 aromatic heterocycles. The van der Waals surface area contributed by atoms with E-state index in [1.807, 2.05) is 24.6 Å². The lowest BCUT2D eigenvalue weighted by Crippen LogP contribution is -2.24. The maximum Gasteiger partial charge on any atom is 0.222 e. The van der Waals surface area contributed by atoms with Gasteiger partial charge in [0.05, 0.1) is 5.69 Å². The highest BCUT2D eigenvalue weighted by molar-refractivity contribution is 5.75. The van der Waals surface area contributed by atoms with Gasteiger partial charge in [0.1, 0.15) is 0 Å². The molecule has 1 aromatic rings. The summed E-state index contributed by atoms with van der Waals surface area (Å²) in [6, 6.07) is 2.00. The lowest BCUT2D eigenvalue weighted by Gasteiger charge is -2.04. The van der Waals surface area contributed by atoms with Crippen molar-refractivity contribution in [1.29, 1.82) is 0 Å². The number of aromatic nitrogens is 2. The van der Waals surface area contributed by atoms with Crippen LogP contribution < -0.4 is 5.32 Å². The summed E-state index contributed by atoms with van der Waals surface area (Å²) in [5, 5.41) is 7.01. The van der Waals surface area contributed by atoms with Gasteiger partial charge in [0.2, 0.25) is 5.91 Å². The van der Waals surface area contributed by atoms with Gasteiger partial charge in [-0.15, -0.1) is 6.58 Å². The minimum absolute atomic E-state index is 0.0300. The van der Waals surface area contributed by atoms with Crippen molar-refractivity contribution in [2.75, 3.05) is 6.54 Å². The zero-order chi connectivity index (χ0) is 11.3. The molecule has 4 heteroatoms. The Morgan fingerprint density at radius 1 is 1.67 bits per heavy atom. The number of amides is 1. The molecule has 1 N–H and O–H groups in total. The highest BCUT2D eigenvalue weighted by Gasteiger charge is 2.03. The summed E-state index contributed by atoms with van der Waals surface area (Å²) in [7, 11) is 0. The van der Waals surface area contributed by atoms with Crippen LogP contribution in [0.4, 0.5) is 0 Å². The molecule has 0 aromatic carbocycles. The summed E-state index contributed by atoms with van der Waals surface area (Å²) in [5.41, 5.74) is 2.07. The van der Waals surface area contributed by atoms with Gasteiger partial charge in [-0.25, -0.2) is 0 Å². The van der Waals surface area contributed by atoms with Crippen molar-refractivity contribution in [2.45, 2.75) is 26.8 Å². The Hall–Kier alpha value is -1.58. The molecular weight excluding hydrogens is 190 g/mol. The summed E-state index contributed by atoms with van der Waals surface area (Å²) in [4.78, 5) is 11.3. The maximum absolute atomic E-state index is 11.3. The summed E-state index contributed by atoms with van der Waals surface area (Å²) < 4.78 is 1.85. The molecule has 0 fully saturated rings. The molecule has 0 spiro atoms. The van der Waals surface area contributed by atoms with E-state index in [2.05, 4.69) is 17.0 Å². The monoisotopic (exact) mass is 207 g/mol. The molecule has 1 amide bonds. The maximum atomic E-state index is 11.3. The molecule has 15 heavy (non-hydrogen) atoms. The van der Waals surface area contributed by atoms with E-state index in [0.29, 0.717) is 19.5 Å². The Kier molecular flexibility index (Phi) is 4.09. The summed E-state index contributed by atoms with van der Waals surface area (Å²) in [6.07, 6.45) is 2.12. The first-order valence-electron chi connectivity index (χ1n) is 5.02. The minimum atomic E-state index is 0.0300. The minimum Gasteiger partial charge on any atom is -0.353 e. The van der Waals surface area contributed by atoms with Crippen molar-refractivity contribution in [3.05, 3.63) is 30.1 Å². The van der Waals surface area contributed by atoms with E-state index in [4.69, 9.17) is 0 Å². The number of hydrogen-bond acceptors (Lipinski definition) is 2. The fraction of sp³-hybridized carbons (Fsp3) is 0.455. The zero-order valence-electron chi connectivity index (χ0n) is 9.29. The predicted octanol–water partition coefficient (Wildman–Crippen LogP) is 1.19. The SMILES string of the molecule is C=CCNC(=O)CCn1nc(C)cc1C. The van der Waals surface area contributed by atoms with E-state index in [1.54, 1.807) is 6.08 Å². The Morgan fingerprint density at radius 2 is 2.40 bits per heavy atom. The molecule has 0 radical (unpaired) electrons. The molecule has 82 valence electrons. The van der Waals surface area contributed by atoms with Gasteiger partial charge in [-0.2, -0.15) is 5.10 Å². The first-order chi connectivity index (χ1) is 7.13. The number of aryl methyl sites for hydroxylation is 3. The van der Waals surface area contributed by atoms with Crippen LogP contribution in [0, 0.1) is 13.8 Å². The topological polar surface area (TPSA) is 46.9 Å². The number of carbonyl (C=O) groups is 1. The predicted molar refractivity (Wildman–Crippen MR) is 59.5 cm³/mol. The number of hydrogen-bond donors (Lipinski definition) is 1. The summed E-state index contributed by atoms with van der Waals surface area (Å²) in [5.74, 6) is 0.0300. The van der Waals surface area contributed by atoms with Gasteiger partial charge in [-0.3, -0.25) is 9.48 Å². The molecule has 0 aliphatic rings. The van der Waals surface area contributed by atoms with Crippen LogP contribution in [0.1, 0.15) is 17.8 Å². The van der Waals surface area contributed by atoms with Crippen molar-refractivity contribution >= 4 is 5.91 Å². The normalized spacial score (nSPS) is 10.0. The van der Waals surface area contributed by atoms with Crippen molar-refractivity contribution in [2.24, 2.45) is 0 Å². The van der Waals surface area contributed by atoms with Crippen molar-refractivity contribution in [1.82, 2.24) is 15.1 Å². The lowest BCUT2D eigenvalue weighted by atomic mass is 10.3. The summed E-state index contributed by atoms with van der Waals surface area (Å²) in [6.45, 7) is 8.62. The number of nitrogens with one attached hydrogen (secondary N) is 1. The Bertz CT molecular complexity index is 355. The van der Waals surface area contributed by atoms with Crippen molar-refractivity contribution in [3.8, 4) is 0 Å². The summed E-state index contributed by atoms with van der Waals surface area (Å²) >= 11 is 0.